The summed E-state index contributed by atoms with van der Waals surface area (Å²) in [5.74, 6) is -0.521. The Bertz CT molecular complexity index is 959. The summed E-state index contributed by atoms with van der Waals surface area (Å²) in [6.45, 7) is 3.57. The first kappa shape index (κ1) is 16.3. The van der Waals surface area contributed by atoms with Crippen LogP contribution in [0.3, 0.4) is 0 Å². The van der Waals surface area contributed by atoms with Crippen LogP contribution in [0.25, 0.3) is 10.9 Å². The van der Waals surface area contributed by atoms with Crippen LogP contribution in [0.5, 0.6) is 5.75 Å². The van der Waals surface area contributed by atoms with Crippen LogP contribution >= 0.6 is 11.6 Å². The predicted octanol–water partition coefficient (Wildman–Crippen LogP) is 4.30. The Labute approximate surface area is 144 Å². The second-order valence-electron chi connectivity index (χ2n) is 5.78. The third-order valence-corrected chi connectivity index (χ3v) is 4.41. The van der Waals surface area contributed by atoms with Crippen LogP contribution in [0.15, 0.2) is 42.5 Å². The lowest BCUT2D eigenvalue weighted by Gasteiger charge is -2.09. The van der Waals surface area contributed by atoms with Gasteiger partial charge in [-0.05, 0) is 48.9 Å². The maximum absolute atomic E-state index is 13.0. The minimum absolute atomic E-state index is 0.0919. The highest BCUT2D eigenvalue weighted by Crippen LogP contribution is 2.33. The number of carbonyl (C=O) groups is 2. The molecule has 3 aromatic rings. The molecule has 1 N–H and O–H groups in total. The Hall–Kier alpha value is -2.59. The van der Waals surface area contributed by atoms with Gasteiger partial charge in [0.2, 0.25) is 0 Å². The number of nitrogens with zero attached hydrogens (tertiary/aromatic N) is 1. The molecule has 0 spiro atoms. The van der Waals surface area contributed by atoms with Crippen molar-refractivity contribution in [3.05, 3.63) is 64.3 Å². The number of phenolic OH excluding ortho intramolecular Hbond substituents is 1. The Morgan fingerprint density at radius 3 is 2.67 bits per heavy atom. The number of rotatable bonds is 3. The number of aromatic nitrogens is 1. The lowest BCUT2D eigenvalue weighted by Crippen LogP contribution is -2.14. The summed E-state index contributed by atoms with van der Waals surface area (Å²) < 4.78 is 1.57. The molecule has 1 aromatic heterocycles. The Morgan fingerprint density at radius 1 is 1.25 bits per heavy atom. The average Bonchev–Trinajstić information content (AvgIpc) is 2.84. The molecule has 5 heteroatoms. The van der Waals surface area contributed by atoms with Crippen molar-refractivity contribution >= 4 is 34.7 Å². The molecule has 24 heavy (non-hydrogen) atoms. The minimum Gasteiger partial charge on any atom is -0.508 e. The lowest BCUT2D eigenvalue weighted by atomic mass is 9.99. The molecule has 0 saturated heterocycles. The normalized spacial score (nSPS) is 12.3. The van der Waals surface area contributed by atoms with Crippen molar-refractivity contribution in [3.8, 4) is 5.75 Å². The predicted molar refractivity (Wildman–Crippen MR) is 94.0 cm³/mol. The zero-order valence-electron chi connectivity index (χ0n) is 13.3. The SMILES string of the molecule is Cc1c([C@H](C)C=O)c2cc(O)ccc2n1C(=O)c1cccc(Cl)c1. The van der Waals surface area contributed by atoms with Crippen molar-refractivity contribution in [2.75, 3.05) is 0 Å². The molecule has 2 aromatic carbocycles. The minimum atomic E-state index is -0.386. The molecule has 1 heterocycles. The standard InChI is InChI=1S/C19H16ClNO3/c1-11(10-22)18-12(2)21(17-7-6-15(23)9-16(17)18)19(24)13-4-3-5-14(20)8-13/h3-11,23H,1-2H3/t11-/m1/s1. The second-order valence-corrected chi connectivity index (χ2v) is 6.21. The highest BCUT2D eigenvalue weighted by atomic mass is 35.5. The van der Waals surface area contributed by atoms with Crippen molar-refractivity contribution in [1.82, 2.24) is 4.57 Å². The fourth-order valence-corrected chi connectivity index (χ4v) is 3.28. The van der Waals surface area contributed by atoms with Gasteiger partial charge in [0, 0.05) is 27.6 Å². The molecule has 0 unspecified atom stereocenters. The Kier molecular flexibility index (Phi) is 4.16. The topological polar surface area (TPSA) is 59.3 Å². The van der Waals surface area contributed by atoms with Crippen LogP contribution in [0, 0.1) is 6.92 Å². The van der Waals surface area contributed by atoms with E-state index in [1.54, 1.807) is 54.8 Å². The van der Waals surface area contributed by atoms with Crippen molar-refractivity contribution in [1.29, 1.82) is 0 Å². The molecule has 0 aliphatic heterocycles. The molecule has 4 nitrogen and oxygen atoms in total. The van der Waals surface area contributed by atoms with Crippen LogP contribution in [-0.4, -0.2) is 21.9 Å². The highest BCUT2D eigenvalue weighted by molar-refractivity contribution is 6.31. The number of halogens is 1. The van der Waals surface area contributed by atoms with Gasteiger partial charge in [-0.25, -0.2) is 0 Å². The van der Waals surface area contributed by atoms with Crippen LogP contribution in [-0.2, 0) is 4.79 Å². The summed E-state index contributed by atoms with van der Waals surface area (Å²) in [5, 5.41) is 11.0. The molecule has 0 aliphatic carbocycles. The third-order valence-electron chi connectivity index (χ3n) is 4.17. The summed E-state index contributed by atoms with van der Waals surface area (Å²) in [5.41, 5.74) is 2.53. The zero-order valence-corrected chi connectivity index (χ0v) is 14.0. The molecule has 0 aliphatic rings. The van der Waals surface area contributed by atoms with Gasteiger partial charge in [-0.3, -0.25) is 9.36 Å². The first-order valence-electron chi connectivity index (χ1n) is 7.53. The highest BCUT2D eigenvalue weighted by Gasteiger charge is 2.23. The molecule has 3 rings (SSSR count). The van der Waals surface area contributed by atoms with Gasteiger partial charge in [0.05, 0.1) is 5.52 Å². The number of phenols is 1. The molecule has 0 saturated carbocycles. The molecule has 1 atom stereocenters. The van der Waals surface area contributed by atoms with Gasteiger partial charge in [0.15, 0.2) is 0 Å². The molecule has 122 valence electrons. The van der Waals surface area contributed by atoms with E-state index < -0.39 is 0 Å². The maximum Gasteiger partial charge on any atom is 0.262 e. The fraction of sp³-hybridized carbons (Fsp3) is 0.158. The largest absolute Gasteiger partial charge is 0.508 e. The van der Waals surface area contributed by atoms with Crippen LogP contribution in [0.4, 0.5) is 0 Å². The maximum atomic E-state index is 13.0. The average molecular weight is 342 g/mol. The van der Waals surface area contributed by atoms with E-state index in [0.29, 0.717) is 27.2 Å². The quantitative estimate of drug-likeness (QED) is 0.722. The van der Waals surface area contributed by atoms with Crippen molar-refractivity contribution < 1.29 is 14.7 Å². The number of carbonyl (C=O) groups excluding carboxylic acids is 2. The van der Waals surface area contributed by atoms with Crippen LogP contribution in [0.1, 0.15) is 34.5 Å². The van der Waals surface area contributed by atoms with Crippen molar-refractivity contribution in [3.63, 3.8) is 0 Å². The number of fused-ring (bicyclic) bond motifs is 1. The summed E-state index contributed by atoms with van der Waals surface area (Å²) >= 11 is 5.99. The summed E-state index contributed by atoms with van der Waals surface area (Å²) in [4.78, 5) is 24.3. The van der Waals surface area contributed by atoms with Gasteiger partial charge in [-0.1, -0.05) is 24.6 Å². The monoisotopic (exact) mass is 341 g/mol. The summed E-state index contributed by atoms with van der Waals surface area (Å²) in [7, 11) is 0. The third kappa shape index (κ3) is 2.59. The Balaban J connectivity index is 2.30. The molecular formula is C19H16ClNO3. The molecular weight excluding hydrogens is 326 g/mol. The van der Waals surface area contributed by atoms with E-state index in [-0.39, 0.29) is 17.6 Å². The van der Waals surface area contributed by atoms with E-state index in [2.05, 4.69) is 0 Å². The number of hydrogen-bond donors (Lipinski definition) is 1. The van der Waals surface area contributed by atoms with Crippen LogP contribution < -0.4 is 0 Å². The van der Waals surface area contributed by atoms with Crippen molar-refractivity contribution in [2.45, 2.75) is 19.8 Å². The van der Waals surface area contributed by atoms with Gasteiger partial charge in [-0.15, -0.1) is 0 Å². The summed E-state index contributed by atoms with van der Waals surface area (Å²) in [6.07, 6.45) is 0.833. The number of hydrogen-bond acceptors (Lipinski definition) is 3. The van der Waals surface area contributed by atoms with Gasteiger partial charge in [0.25, 0.3) is 5.91 Å². The van der Waals surface area contributed by atoms with E-state index in [1.807, 2.05) is 0 Å². The van der Waals surface area contributed by atoms with E-state index in [0.717, 1.165) is 11.8 Å². The van der Waals surface area contributed by atoms with E-state index in [4.69, 9.17) is 11.6 Å². The van der Waals surface area contributed by atoms with E-state index in [1.165, 1.54) is 6.07 Å². The molecule has 0 bridgehead atoms. The van der Waals surface area contributed by atoms with Gasteiger partial charge in [0.1, 0.15) is 12.0 Å². The number of benzene rings is 2. The molecule has 0 amide bonds. The Morgan fingerprint density at radius 2 is 2.00 bits per heavy atom. The zero-order chi connectivity index (χ0) is 17.4. The van der Waals surface area contributed by atoms with Crippen molar-refractivity contribution in [2.24, 2.45) is 0 Å². The first-order chi connectivity index (χ1) is 11.4. The van der Waals surface area contributed by atoms with Gasteiger partial charge >= 0.3 is 0 Å². The smallest absolute Gasteiger partial charge is 0.262 e. The first-order valence-corrected chi connectivity index (χ1v) is 7.91. The second kappa shape index (κ2) is 6.13. The van der Waals surface area contributed by atoms with Gasteiger partial charge < -0.3 is 9.90 Å². The van der Waals surface area contributed by atoms with E-state index >= 15 is 0 Å². The summed E-state index contributed by atoms with van der Waals surface area (Å²) in [6, 6.07) is 11.5. The molecule has 0 fully saturated rings. The fourth-order valence-electron chi connectivity index (χ4n) is 3.09. The lowest BCUT2D eigenvalue weighted by molar-refractivity contribution is -0.108. The molecule has 0 radical (unpaired) electrons. The number of aromatic hydroxyl groups is 1. The number of aldehydes is 1. The van der Waals surface area contributed by atoms with E-state index in [9.17, 15) is 14.7 Å². The van der Waals surface area contributed by atoms with Crippen LogP contribution in [0.2, 0.25) is 5.02 Å². The van der Waals surface area contributed by atoms with Gasteiger partial charge in [-0.2, -0.15) is 0 Å².